The van der Waals surface area contributed by atoms with Crippen molar-refractivity contribution in [1.82, 2.24) is 5.32 Å². The van der Waals surface area contributed by atoms with Crippen LogP contribution in [0.5, 0.6) is 0 Å². The molecule has 1 aromatic carbocycles. The van der Waals surface area contributed by atoms with Crippen molar-refractivity contribution in [2.75, 3.05) is 11.4 Å². The van der Waals surface area contributed by atoms with Crippen molar-refractivity contribution in [3.05, 3.63) is 42.5 Å². The van der Waals surface area contributed by atoms with Crippen LogP contribution in [0.3, 0.4) is 0 Å². The van der Waals surface area contributed by atoms with Gasteiger partial charge in [0.05, 0.1) is 12.5 Å². The van der Waals surface area contributed by atoms with Gasteiger partial charge in [-0.2, -0.15) is 0 Å². The molecular formula is C22H29N3O2. The summed E-state index contributed by atoms with van der Waals surface area (Å²) in [6, 6.07) is 10.2. The minimum Gasteiger partial charge on any atom is -0.369 e. The lowest BCUT2D eigenvalue weighted by molar-refractivity contribution is -0.124. The zero-order valence-electron chi connectivity index (χ0n) is 15.7. The second-order valence-corrected chi connectivity index (χ2v) is 8.17. The van der Waals surface area contributed by atoms with E-state index in [1.165, 1.54) is 19.3 Å². The number of carbonyl (C=O) groups is 2. The third-order valence-corrected chi connectivity index (χ3v) is 6.52. The van der Waals surface area contributed by atoms with E-state index in [1.54, 1.807) is 0 Å². The SMILES string of the molecule is NC(=O)C1C2C=CC(C2)C1NCC(=O)N(c1ccccc1)C1CCCCC1. The fourth-order valence-electron chi connectivity index (χ4n) is 5.27. The van der Waals surface area contributed by atoms with Crippen LogP contribution >= 0.6 is 0 Å². The summed E-state index contributed by atoms with van der Waals surface area (Å²) in [6.07, 6.45) is 11.0. The third kappa shape index (κ3) is 3.65. The minimum atomic E-state index is -0.260. The van der Waals surface area contributed by atoms with Crippen LogP contribution in [-0.2, 0) is 9.59 Å². The summed E-state index contributed by atoms with van der Waals surface area (Å²) >= 11 is 0. The molecule has 4 unspecified atom stereocenters. The van der Waals surface area contributed by atoms with Crippen molar-refractivity contribution in [3.63, 3.8) is 0 Å². The van der Waals surface area contributed by atoms with Gasteiger partial charge in [0, 0.05) is 17.8 Å². The molecule has 3 aliphatic rings. The molecule has 3 N–H and O–H groups in total. The van der Waals surface area contributed by atoms with E-state index in [1.807, 2.05) is 35.2 Å². The number of benzene rings is 1. The van der Waals surface area contributed by atoms with Crippen molar-refractivity contribution in [2.45, 2.75) is 50.6 Å². The first-order valence-corrected chi connectivity index (χ1v) is 10.2. The standard InChI is InChI=1S/C22H29N3O2/c23-22(27)20-15-11-12-16(13-15)21(20)24-14-19(26)25(17-7-3-1-4-8-17)18-9-5-2-6-10-18/h1,3-4,7-8,11-12,15-16,18,20-21,24H,2,5-6,9-10,13-14H2,(H2,23,27). The lowest BCUT2D eigenvalue weighted by Crippen LogP contribution is -2.51. The highest BCUT2D eigenvalue weighted by molar-refractivity contribution is 5.95. The minimum absolute atomic E-state index is 0.0228. The van der Waals surface area contributed by atoms with Gasteiger partial charge >= 0.3 is 0 Å². The highest BCUT2D eigenvalue weighted by Gasteiger charge is 2.47. The number of carbonyl (C=O) groups excluding carboxylic acids is 2. The van der Waals surface area contributed by atoms with Crippen LogP contribution < -0.4 is 16.0 Å². The molecule has 0 radical (unpaired) electrons. The fourth-order valence-corrected chi connectivity index (χ4v) is 5.27. The maximum absolute atomic E-state index is 13.2. The summed E-state index contributed by atoms with van der Waals surface area (Å²) in [7, 11) is 0. The first kappa shape index (κ1) is 18.2. The maximum Gasteiger partial charge on any atom is 0.241 e. The molecule has 2 amide bonds. The predicted molar refractivity (Wildman–Crippen MR) is 106 cm³/mol. The highest BCUT2D eigenvalue weighted by Crippen LogP contribution is 2.43. The molecule has 2 bridgehead atoms. The fraction of sp³-hybridized carbons (Fsp3) is 0.545. The third-order valence-electron chi connectivity index (χ3n) is 6.52. The quantitative estimate of drug-likeness (QED) is 0.759. The van der Waals surface area contributed by atoms with Crippen molar-refractivity contribution < 1.29 is 9.59 Å². The largest absolute Gasteiger partial charge is 0.369 e. The summed E-state index contributed by atoms with van der Waals surface area (Å²) in [6.45, 7) is 0.247. The number of primary amides is 1. The van der Waals surface area contributed by atoms with Crippen molar-refractivity contribution in [1.29, 1.82) is 0 Å². The zero-order chi connectivity index (χ0) is 18.8. The van der Waals surface area contributed by atoms with E-state index < -0.39 is 0 Å². The first-order chi connectivity index (χ1) is 13.1. The van der Waals surface area contributed by atoms with Gasteiger partial charge in [-0.05, 0) is 43.2 Å². The first-order valence-electron chi connectivity index (χ1n) is 10.2. The van der Waals surface area contributed by atoms with Gasteiger partial charge in [0.15, 0.2) is 0 Å². The summed E-state index contributed by atoms with van der Waals surface area (Å²) in [4.78, 5) is 27.1. The average Bonchev–Trinajstić information content (AvgIpc) is 3.29. The number of amides is 2. The van der Waals surface area contributed by atoms with Crippen LogP contribution in [0.25, 0.3) is 0 Å². The Morgan fingerprint density at radius 3 is 2.44 bits per heavy atom. The number of para-hydroxylation sites is 1. The van der Waals surface area contributed by atoms with Gasteiger partial charge in [0.1, 0.15) is 0 Å². The topological polar surface area (TPSA) is 75.4 Å². The Morgan fingerprint density at radius 1 is 1.04 bits per heavy atom. The number of nitrogens with two attached hydrogens (primary N) is 1. The van der Waals surface area contributed by atoms with Gasteiger partial charge in [0.2, 0.25) is 11.8 Å². The maximum atomic E-state index is 13.2. The van der Waals surface area contributed by atoms with Crippen LogP contribution in [0.15, 0.2) is 42.5 Å². The van der Waals surface area contributed by atoms with Gasteiger partial charge in [-0.1, -0.05) is 49.6 Å². The van der Waals surface area contributed by atoms with Crippen LogP contribution in [0.2, 0.25) is 0 Å². The number of nitrogens with one attached hydrogen (secondary N) is 1. The Bertz CT molecular complexity index is 712. The number of hydrogen-bond donors (Lipinski definition) is 2. The van der Waals surface area contributed by atoms with Crippen molar-refractivity contribution >= 4 is 17.5 Å². The molecule has 1 aromatic rings. The van der Waals surface area contributed by atoms with Crippen molar-refractivity contribution in [3.8, 4) is 0 Å². The van der Waals surface area contributed by atoms with Crippen LogP contribution in [0, 0.1) is 17.8 Å². The molecule has 144 valence electrons. The second-order valence-electron chi connectivity index (χ2n) is 8.17. The Balaban J connectivity index is 1.47. The molecule has 0 spiro atoms. The Kier molecular flexibility index (Phi) is 5.30. The molecule has 0 aliphatic heterocycles. The lowest BCUT2D eigenvalue weighted by atomic mass is 9.88. The second kappa shape index (κ2) is 7.85. The van der Waals surface area contributed by atoms with Gasteiger partial charge in [0.25, 0.3) is 0 Å². The van der Waals surface area contributed by atoms with E-state index in [-0.39, 0.29) is 42.3 Å². The molecule has 5 nitrogen and oxygen atoms in total. The van der Waals surface area contributed by atoms with E-state index in [9.17, 15) is 9.59 Å². The summed E-state index contributed by atoms with van der Waals surface area (Å²) < 4.78 is 0. The number of nitrogens with zero attached hydrogens (tertiary/aromatic N) is 1. The van der Waals surface area contributed by atoms with Crippen LogP contribution in [0.1, 0.15) is 38.5 Å². The molecule has 27 heavy (non-hydrogen) atoms. The summed E-state index contributed by atoms with van der Waals surface area (Å²) in [5.41, 5.74) is 6.61. The molecule has 4 atom stereocenters. The number of anilines is 1. The molecule has 0 saturated heterocycles. The van der Waals surface area contributed by atoms with E-state index in [4.69, 9.17) is 5.73 Å². The molecular weight excluding hydrogens is 338 g/mol. The van der Waals surface area contributed by atoms with Gasteiger partial charge in [-0.25, -0.2) is 0 Å². The average molecular weight is 367 g/mol. The molecule has 2 saturated carbocycles. The Morgan fingerprint density at radius 2 is 1.74 bits per heavy atom. The molecule has 0 aromatic heterocycles. The zero-order valence-corrected chi connectivity index (χ0v) is 15.7. The molecule has 0 heterocycles. The number of hydrogen-bond acceptors (Lipinski definition) is 3. The Labute approximate surface area is 161 Å². The molecule has 3 aliphatic carbocycles. The number of rotatable bonds is 6. The predicted octanol–water partition coefficient (Wildman–Crippen LogP) is 2.62. The van der Waals surface area contributed by atoms with E-state index in [0.717, 1.165) is 24.9 Å². The van der Waals surface area contributed by atoms with Gasteiger partial charge in [-0.3, -0.25) is 9.59 Å². The number of fused-ring (bicyclic) bond motifs is 2. The van der Waals surface area contributed by atoms with E-state index in [2.05, 4.69) is 17.5 Å². The molecule has 2 fully saturated rings. The highest BCUT2D eigenvalue weighted by atomic mass is 16.2. The summed E-state index contributed by atoms with van der Waals surface area (Å²) in [5, 5.41) is 3.39. The monoisotopic (exact) mass is 367 g/mol. The molecule has 4 rings (SSSR count). The van der Waals surface area contributed by atoms with Gasteiger partial charge in [-0.15, -0.1) is 0 Å². The van der Waals surface area contributed by atoms with Crippen LogP contribution in [0.4, 0.5) is 5.69 Å². The smallest absolute Gasteiger partial charge is 0.241 e. The summed E-state index contributed by atoms with van der Waals surface area (Å²) in [5.74, 6) is 0.156. The van der Waals surface area contributed by atoms with E-state index >= 15 is 0 Å². The van der Waals surface area contributed by atoms with Gasteiger partial charge < -0.3 is 16.0 Å². The number of allylic oxidation sites excluding steroid dienone is 1. The normalized spacial score (nSPS) is 29.8. The van der Waals surface area contributed by atoms with E-state index in [0.29, 0.717) is 5.92 Å². The van der Waals surface area contributed by atoms with Crippen LogP contribution in [-0.4, -0.2) is 30.4 Å². The lowest BCUT2D eigenvalue weighted by Gasteiger charge is -2.35. The Hall–Kier alpha value is -2.14. The molecule has 5 heteroatoms. The van der Waals surface area contributed by atoms with Crippen molar-refractivity contribution in [2.24, 2.45) is 23.5 Å².